The van der Waals surface area contributed by atoms with Crippen LogP contribution in [0.5, 0.6) is 0 Å². The first-order valence-corrected chi connectivity index (χ1v) is 7.51. The van der Waals surface area contributed by atoms with Crippen LogP contribution in [0.25, 0.3) is 16.8 Å². The Bertz CT molecular complexity index is 822. The fourth-order valence-electron chi connectivity index (χ4n) is 2.51. The molecule has 0 unspecified atom stereocenters. The Balaban J connectivity index is 2.01. The summed E-state index contributed by atoms with van der Waals surface area (Å²) in [5, 5.41) is 5.37. The number of halogens is 1. The van der Waals surface area contributed by atoms with E-state index in [2.05, 4.69) is 55.8 Å². The normalized spacial score (nSPS) is 11.2. The van der Waals surface area contributed by atoms with Crippen LogP contribution in [0, 0.1) is 0 Å². The van der Waals surface area contributed by atoms with Gasteiger partial charge in [0.1, 0.15) is 0 Å². The van der Waals surface area contributed by atoms with Crippen LogP contribution in [-0.4, -0.2) is 42.1 Å². The third-order valence-corrected chi connectivity index (χ3v) is 3.86. The second-order valence-electron chi connectivity index (χ2n) is 5.57. The molecule has 3 nitrogen and oxygen atoms in total. The third kappa shape index (κ3) is 2.85. The molecular weight excluding hydrogens is 292 g/mol. The third-order valence-electron chi connectivity index (χ3n) is 3.56. The summed E-state index contributed by atoms with van der Waals surface area (Å²) >= 11 is 6.21. The molecule has 0 fully saturated rings. The average Bonchev–Trinajstić information content (AvgIpc) is 2.83. The molecule has 0 radical (unpaired) electrons. The van der Waals surface area contributed by atoms with Crippen LogP contribution < -0.4 is 0 Å². The van der Waals surface area contributed by atoms with E-state index in [0.29, 0.717) is 5.02 Å². The van der Waals surface area contributed by atoms with Crippen molar-refractivity contribution in [1.82, 2.24) is 14.5 Å². The van der Waals surface area contributed by atoms with Crippen molar-refractivity contribution in [2.45, 2.75) is 6.54 Å². The van der Waals surface area contributed by atoms with Gasteiger partial charge in [0.05, 0.1) is 0 Å². The molecular formula is C17H17BClN3. The fourth-order valence-corrected chi connectivity index (χ4v) is 2.77. The minimum absolute atomic E-state index is 0.690. The Morgan fingerprint density at radius 3 is 2.55 bits per heavy atom. The quantitative estimate of drug-likeness (QED) is 0.691. The van der Waals surface area contributed by atoms with E-state index >= 15 is 0 Å². The SMILES string of the molecule is B=Cc1cc(Cl)c2ccc(-c3ccc(CN(C)C)cc3)nn12. The molecule has 0 aliphatic heterocycles. The Labute approximate surface area is 136 Å². The molecule has 0 amide bonds. The summed E-state index contributed by atoms with van der Waals surface area (Å²) < 4.78 is 1.83. The van der Waals surface area contributed by atoms with Gasteiger partial charge in [-0.2, -0.15) is 0 Å². The number of nitrogens with zero attached hydrogens (tertiary/aromatic N) is 3. The first-order valence-electron chi connectivity index (χ1n) is 7.13. The van der Waals surface area contributed by atoms with Crippen molar-refractivity contribution in [3.05, 3.63) is 58.7 Å². The van der Waals surface area contributed by atoms with Crippen molar-refractivity contribution in [2.75, 3.05) is 14.1 Å². The summed E-state index contributed by atoms with van der Waals surface area (Å²) in [5.41, 5.74) is 5.07. The molecule has 0 spiro atoms. The summed E-state index contributed by atoms with van der Waals surface area (Å²) in [6, 6.07) is 14.3. The van der Waals surface area contributed by atoms with Gasteiger partial charge in [-0.3, -0.25) is 0 Å². The molecule has 0 N–H and O–H groups in total. The Morgan fingerprint density at radius 2 is 1.91 bits per heavy atom. The maximum atomic E-state index is 6.21. The fraction of sp³-hybridized carbons (Fsp3) is 0.176. The molecule has 0 bridgehead atoms. The molecule has 3 aromatic rings. The molecule has 0 saturated carbocycles. The Hall–Kier alpha value is -1.91. The maximum absolute atomic E-state index is 6.21. The molecule has 0 aliphatic rings. The van der Waals surface area contributed by atoms with Crippen molar-refractivity contribution in [3.8, 4) is 11.3 Å². The number of fused-ring (bicyclic) bond motifs is 1. The number of hydrogen-bond acceptors (Lipinski definition) is 2. The number of rotatable bonds is 4. The van der Waals surface area contributed by atoms with Gasteiger partial charge in [-0.1, -0.05) is 0 Å². The second kappa shape index (κ2) is 6.07. The number of hydrogen-bond donors (Lipinski definition) is 0. The van der Waals surface area contributed by atoms with Gasteiger partial charge in [-0.05, 0) is 0 Å². The van der Waals surface area contributed by atoms with E-state index in [9.17, 15) is 0 Å². The molecule has 0 atom stereocenters. The van der Waals surface area contributed by atoms with E-state index in [0.717, 1.165) is 29.0 Å². The zero-order chi connectivity index (χ0) is 15.7. The molecule has 0 saturated heterocycles. The minimum atomic E-state index is 0.690. The van der Waals surface area contributed by atoms with Crippen molar-refractivity contribution >= 4 is 30.6 Å². The first-order chi connectivity index (χ1) is 10.6. The molecule has 0 aliphatic carbocycles. The van der Waals surface area contributed by atoms with Gasteiger partial charge in [-0.25, -0.2) is 0 Å². The zero-order valence-electron chi connectivity index (χ0n) is 12.8. The first kappa shape index (κ1) is 15.0. The Morgan fingerprint density at radius 1 is 1.18 bits per heavy atom. The summed E-state index contributed by atoms with van der Waals surface area (Å²) in [6.07, 6.45) is 0. The van der Waals surface area contributed by atoms with E-state index in [4.69, 9.17) is 11.6 Å². The van der Waals surface area contributed by atoms with Crippen LogP contribution in [0.1, 0.15) is 11.3 Å². The summed E-state index contributed by atoms with van der Waals surface area (Å²) in [7, 11) is 7.94. The van der Waals surface area contributed by atoms with Crippen LogP contribution in [-0.2, 0) is 6.54 Å². The van der Waals surface area contributed by atoms with Gasteiger partial charge in [-0.15, -0.1) is 0 Å². The van der Waals surface area contributed by atoms with Crippen molar-refractivity contribution in [2.24, 2.45) is 0 Å². The van der Waals surface area contributed by atoms with Crippen LogP contribution in [0.3, 0.4) is 0 Å². The van der Waals surface area contributed by atoms with E-state index in [-0.39, 0.29) is 0 Å². The van der Waals surface area contributed by atoms with Gasteiger partial charge in [0.25, 0.3) is 0 Å². The molecule has 5 heteroatoms. The van der Waals surface area contributed by atoms with Crippen LogP contribution in [0.15, 0.2) is 42.5 Å². The van der Waals surface area contributed by atoms with Crippen molar-refractivity contribution in [3.63, 3.8) is 0 Å². The summed E-state index contributed by atoms with van der Waals surface area (Å²) in [6.45, 7) is 0.931. The summed E-state index contributed by atoms with van der Waals surface area (Å²) in [4.78, 5) is 2.15. The van der Waals surface area contributed by atoms with Gasteiger partial charge in [0.2, 0.25) is 0 Å². The van der Waals surface area contributed by atoms with Crippen molar-refractivity contribution < 1.29 is 0 Å². The van der Waals surface area contributed by atoms with Crippen molar-refractivity contribution in [1.29, 1.82) is 0 Å². The van der Waals surface area contributed by atoms with Gasteiger partial charge >= 0.3 is 136 Å². The summed E-state index contributed by atoms with van der Waals surface area (Å²) in [5.74, 6) is 1.76. The van der Waals surface area contributed by atoms with Crippen LogP contribution in [0.2, 0.25) is 5.02 Å². The second-order valence-corrected chi connectivity index (χ2v) is 5.98. The van der Waals surface area contributed by atoms with Gasteiger partial charge in [0, 0.05) is 0 Å². The molecule has 1 aromatic carbocycles. The molecule has 2 aromatic heterocycles. The van der Waals surface area contributed by atoms with E-state index < -0.39 is 0 Å². The average molecular weight is 310 g/mol. The van der Waals surface area contributed by atoms with E-state index in [1.807, 2.05) is 22.7 Å². The molecule has 110 valence electrons. The molecule has 2 heterocycles. The topological polar surface area (TPSA) is 20.5 Å². The predicted molar refractivity (Wildman–Crippen MR) is 95.3 cm³/mol. The predicted octanol–water partition coefficient (Wildman–Crippen LogP) is 2.77. The van der Waals surface area contributed by atoms with E-state index in [1.54, 1.807) is 5.97 Å². The van der Waals surface area contributed by atoms with Crippen LogP contribution in [0.4, 0.5) is 0 Å². The number of benzene rings is 1. The molecule has 3 rings (SSSR count). The zero-order valence-corrected chi connectivity index (χ0v) is 13.5. The van der Waals surface area contributed by atoms with E-state index in [1.165, 1.54) is 5.56 Å². The standard InChI is InChI=1S/C17H17BClN3/c1-21(2)11-12-3-5-13(6-4-12)16-7-8-17-15(19)9-14(10-18)22(17)20-16/h3-10,18H,11H2,1-2H3. The van der Waals surface area contributed by atoms with Gasteiger partial charge < -0.3 is 0 Å². The monoisotopic (exact) mass is 309 g/mol. The molecule has 22 heavy (non-hydrogen) atoms. The van der Waals surface area contributed by atoms with Gasteiger partial charge in [0.15, 0.2) is 0 Å². The number of aromatic nitrogens is 2. The Kier molecular flexibility index (Phi) is 4.14. The van der Waals surface area contributed by atoms with Crippen LogP contribution >= 0.6 is 11.6 Å².